The molecule has 1 aromatic heterocycles. The molecule has 0 saturated carbocycles. The second-order valence-electron chi connectivity index (χ2n) is 5.15. The van der Waals surface area contributed by atoms with Gasteiger partial charge in [0, 0.05) is 31.5 Å². The Bertz CT molecular complexity index is 751. The lowest BCUT2D eigenvalue weighted by Crippen LogP contribution is -2.26. The van der Waals surface area contributed by atoms with E-state index in [1.807, 2.05) is 73.9 Å². The number of carbonyl (C=O) groups is 1. The van der Waals surface area contributed by atoms with Crippen molar-refractivity contribution in [2.75, 3.05) is 7.05 Å². The van der Waals surface area contributed by atoms with E-state index < -0.39 is 0 Å². The van der Waals surface area contributed by atoms with Crippen molar-refractivity contribution in [3.63, 3.8) is 0 Å². The van der Waals surface area contributed by atoms with E-state index in [-0.39, 0.29) is 5.91 Å². The van der Waals surface area contributed by atoms with Crippen LogP contribution in [0.15, 0.2) is 73.1 Å². The van der Waals surface area contributed by atoms with Crippen molar-refractivity contribution < 1.29 is 4.79 Å². The van der Waals surface area contributed by atoms with E-state index in [1.165, 1.54) is 0 Å². The Hall–Kier alpha value is -2.88. The Morgan fingerprint density at radius 1 is 1.09 bits per heavy atom. The van der Waals surface area contributed by atoms with Gasteiger partial charge in [-0.1, -0.05) is 36.4 Å². The molecule has 1 heterocycles. The van der Waals surface area contributed by atoms with Crippen LogP contribution in [0, 0.1) is 0 Å². The van der Waals surface area contributed by atoms with Crippen LogP contribution in [0.2, 0.25) is 0 Å². The number of amides is 1. The fourth-order valence-electron chi connectivity index (χ4n) is 2.35. The van der Waals surface area contributed by atoms with Gasteiger partial charge in [0.05, 0.1) is 5.69 Å². The third kappa shape index (κ3) is 3.06. The Morgan fingerprint density at radius 3 is 2.64 bits per heavy atom. The molecule has 0 N–H and O–H groups in total. The van der Waals surface area contributed by atoms with E-state index in [0.717, 1.165) is 11.3 Å². The minimum Gasteiger partial charge on any atom is -0.337 e. The van der Waals surface area contributed by atoms with Crippen LogP contribution in [0.3, 0.4) is 0 Å². The van der Waals surface area contributed by atoms with E-state index >= 15 is 0 Å². The highest BCUT2D eigenvalue weighted by Gasteiger charge is 2.12. The fraction of sp³-hybridized carbons (Fsp3) is 0.111. The molecule has 0 saturated heterocycles. The number of carbonyl (C=O) groups excluding carboxylic acids is 1. The predicted molar refractivity (Wildman–Crippen MR) is 85.8 cm³/mol. The first kappa shape index (κ1) is 14.1. The number of benzene rings is 2. The van der Waals surface area contributed by atoms with Gasteiger partial charge in [-0.05, 0) is 29.8 Å². The van der Waals surface area contributed by atoms with Crippen LogP contribution >= 0.6 is 0 Å². The number of hydrogen-bond acceptors (Lipinski definition) is 2. The summed E-state index contributed by atoms with van der Waals surface area (Å²) in [5.74, 6) is -0.00198. The maximum Gasteiger partial charge on any atom is 0.253 e. The standard InChI is InChI=1S/C18H17N3O/c1-20(14-15-7-3-2-4-8-15)18(22)16-9-5-10-17(13-16)21-12-6-11-19-21/h2-13H,14H2,1H3. The summed E-state index contributed by atoms with van der Waals surface area (Å²) in [6.07, 6.45) is 3.58. The highest BCUT2D eigenvalue weighted by molar-refractivity contribution is 5.94. The van der Waals surface area contributed by atoms with Gasteiger partial charge in [-0.25, -0.2) is 4.68 Å². The van der Waals surface area contributed by atoms with E-state index in [9.17, 15) is 4.79 Å². The molecule has 0 unspecified atom stereocenters. The molecular formula is C18H17N3O. The Labute approximate surface area is 129 Å². The van der Waals surface area contributed by atoms with Gasteiger partial charge in [-0.2, -0.15) is 5.10 Å². The summed E-state index contributed by atoms with van der Waals surface area (Å²) in [5, 5.41) is 4.19. The third-order valence-corrected chi connectivity index (χ3v) is 3.47. The van der Waals surface area contributed by atoms with Gasteiger partial charge in [0.15, 0.2) is 0 Å². The zero-order valence-electron chi connectivity index (χ0n) is 12.4. The average Bonchev–Trinajstić information content (AvgIpc) is 3.10. The molecule has 0 aliphatic heterocycles. The highest BCUT2D eigenvalue weighted by atomic mass is 16.2. The zero-order valence-corrected chi connectivity index (χ0v) is 12.4. The van der Waals surface area contributed by atoms with Gasteiger partial charge < -0.3 is 4.90 Å². The topological polar surface area (TPSA) is 38.1 Å². The molecule has 4 nitrogen and oxygen atoms in total. The molecule has 0 atom stereocenters. The number of rotatable bonds is 4. The van der Waals surface area contributed by atoms with Crippen molar-refractivity contribution in [1.29, 1.82) is 0 Å². The van der Waals surface area contributed by atoms with Gasteiger partial charge in [-0.15, -0.1) is 0 Å². The monoisotopic (exact) mass is 291 g/mol. The summed E-state index contributed by atoms with van der Waals surface area (Å²) in [4.78, 5) is 14.3. The molecule has 0 fully saturated rings. The average molecular weight is 291 g/mol. The van der Waals surface area contributed by atoms with E-state index in [0.29, 0.717) is 12.1 Å². The van der Waals surface area contributed by atoms with Crippen LogP contribution in [0.1, 0.15) is 15.9 Å². The first-order chi connectivity index (χ1) is 10.7. The summed E-state index contributed by atoms with van der Waals surface area (Å²) < 4.78 is 1.74. The summed E-state index contributed by atoms with van der Waals surface area (Å²) in [6, 6.07) is 19.3. The Balaban J connectivity index is 1.78. The van der Waals surface area contributed by atoms with Crippen LogP contribution in [0.4, 0.5) is 0 Å². The molecule has 110 valence electrons. The molecule has 0 aliphatic rings. The van der Waals surface area contributed by atoms with E-state index in [1.54, 1.807) is 15.8 Å². The molecule has 0 spiro atoms. The zero-order chi connectivity index (χ0) is 15.4. The molecule has 2 aromatic carbocycles. The van der Waals surface area contributed by atoms with Gasteiger partial charge in [0.2, 0.25) is 0 Å². The molecule has 3 aromatic rings. The van der Waals surface area contributed by atoms with E-state index in [2.05, 4.69) is 5.10 Å². The number of nitrogens with zero attached hydrogens (tertiary/aromatic N) is 3. The van der Waals surface area contributed by atoms with Crippen LogP contribution in [0.5, 0.6) is 0 Å². The van der Waals surface area contributed by atoms with Crippen molar-refractivity contribution >= 4 is 5.91 Å². The van der Waals surface area contributed by atoms with E-state index in [4.69, 9.17) is 0 Å². The van der Waals surface area contributed by atoms with Crippen LogP contribution < -0.4 is 0 Å². The largest absolute Gasteiger partial charge is 0.337 e. The van der Waals surface area contributed by atoms with Crippen molar-refractivity contribution in [2.45, 2.75) is 6.54 Å². The summed E-state index contributed by atoms with van der Waals surface area (Å²) >= 11 is 0. The van der Waals surface area contributed by atoms with Crippen LogP contribution in [-0.4, -0.2) is 27.6 Å². The summed E-state index contributed by atoms with van der Waals surface area (Å²) in [7, 11) is 1.82. The minimum atomic E-state index is -0.00198. The molecule has 0 aliphatic carbocycles. The number of aromatic nitrogens is 2. The van der Waals surface area contributed by atoms with Gasteiger partial charge >= 0.3 is 0 Å². The number of hydrogen-bond donors (Lipinski definition) is 0. The molecule has 1 amide bonds. The molecule has 0 bridgehead atoms. The smallest absolute Gasteiger partial charge is 0.253 e. The fourth-order valence-corrected chi connectivity index (χ4v) is 2.35. The molecule has 4 heteroatoms. The third-order valence-electron chi connectivity index (χ3n) is 3.47. The first-order valence-electron chi connectivity index (χ1n) is 7.13. The normalized spacial score (nSPS) is 10.4. The second-order valence-corrected chi connectivity index (χ2v) is 5.15. The van der Waals surface area contributed by atoms with Gasteiger partial charge in [-0.3, -0.25) is 4.79 Å². The minimum absolute atomic E-state index is 0.00198. The van der Waals surface area contributed by atoms with Crippen LogP contribution in [-0.2, 0) is 6.54 Å². The van der Waals surface area contributed by atoms with Gasteiger partial charge in [0.25, 0.3) is 5.91 Å². The molecule has 0 radical (unpaired) electrons. The maximum atomic E-state index is 12.6. The lowest BCUT2D eigenvalue weighted by Gasteiger charge is -2.17. The molecule has 22 heavy (non-hydrogen) atoms. The molecular weight excluding hydrogens is 274 g/mol. The SMILES string of the molecule is CN(Cc1ccccc1)C(=O)c1cccc(-n2cccn2)c1. The predicted octanol–water partition coefficient (Wildman–Crippen LogP) is 3.14. The Kier molecular flexibility index (Phi) is 4.01. The maximum absolute atomic E-state index is 12.6. The lowest BCUT2D eigenvalue weighted by atomic mass is 10.1. The summed E-state index contributed by atoms with van der Waals surface area (Å²) in [5.41, 5.74) is 2.65. The summed E-state index contributed by atoms with van der Waals surface area (Å²) in [6.45, 7) is 0.589. The van der Waals surface area contributed by atoms with Crippen molar-refractivity contribution in [2.24, 2.45) is 0 Å². The van der Waals surface area contributed by atoms with Crippen molar-refractivity contribution in [3.05, 3.63) is 84.2 Å². The van der Waals surface area contributed by atoms with Crippen LogP contribution in [0.25, 0.3) is 5.69 Å². The second kappa shape index (κ2) is 6.26. The Morgan fingerprint density at radius 2 is 1.91 bits per heavy atom. The van der Waals surface area contributed by atoms with Crippen molar-refractivity contribution in [3.8, 4) is 5.69 Å². The lowest BCUT2D eigenvalue weighted by molar-refractivity contribution is 0.0785. The molecule has 3 rings (SSSR count). The van der Waals surface area contributed by atoms with Gasteiger partial charge in [0.1, 0.15) is 0 Å². The quantitative estimate of drug-likeness (QED) is 0.740. The van der Waals surface area contributed by atoms with Crippen molar-refractivity contribution in [1.82, 2.24) is 14.7 Å². The highest BCUT2D eigenvalue weighted by Crippen LogP contribution is 2.13. The first-order valence-corrected chi connectivity index (χ1v) is 7.13.